The van der Waals surface area contributed by atoms with Gasteiger partial charge in [-0.25, -0.2) is 0 Å². The molecule has 0 aliphatic rings. The molecule has 1 aromatic carbocycles. The molecule has 0 aliphatic carbocycles. The Bertz CT molecular complexity index is 250. The van der Waals surface area contributed by atoms with Crippen LogP contribution in [-0.2, 0) is 25.8 Å². The molecule has 11 heavy (non-hydrogen) atoms. The number of hydrogen-bond acceptors (Lipinski definition) is 1. The first-order valence-corrected chi connectivity index (χ1v) is 4.97. The topological polar surface area (TPSA) is 12.4 Å². The van der Waals surface area contributed by atoms with Gasteiger partial charge >= 0.3 is 77.4 Å². The van der Waals surface area contributed by atoms with E-state index in [1.165, 1.54) is 24.9 Å². The first kappa shape index (κ1) is 8.58. The first-order valence-electron chi connectivity index (χ1n) is 3.51. The molecule has 0 amide bonds. The van der Waals surface area contributed by atoms with E-state index in [4.69, 9.17) is 0 Å². The van der Waals surface area contributed by atoms with E-state index in [1.54, 1.807) is 0 Å². The Balaban J connectivity index is 2.45. The SMILES string of the molecule is [W]=[C]=NCCc1ccccc1. The molecule has 56 valence electrons. The maximum atomic E-state index is 4.05. The molecule has 1 nitrogen and oxygen atoms in total. The summed E-state index contributed by atoms with van der Waals surface area (Å²) in [5, 5.41) is 0. The van der Waals surface area contributed by atoms with E-state index >= 15 is 0 Å². The van der Waals surface area contributed by atoms with Crippen molar-refractivity contribution >= 4 is 4.19 Å². The molecule has 0 aromatic heterocycles. The predicted molar refractivity (Wildman–Crippen MR) is 42.4 cm³/mol. The first-order chi connectivity index (χ1) is 5.43. The van der Waals surface area contributed by atoms with E-state index < -0.39 is 0 Å². The van der Waals surface area contributed by atoms with Crippen molar-refractivity contribution in [3.8, 4) is 0 Å². The molecule has 0 unspecified atom stereocenters. The number of aliphatic imine (C=N–C) groups is 1. The van der Waals surface area contributed by atoms with Crippen molar-refractivity contribution in [1.82, 2.24) is 0 Å². The maximum absolute atomic E-state index is 4.05. The molecule has 0 saturated heterocycles. The van der Waals surface area contributed by atoms with Crippen LogP contribution in [0.2, 0.25) is 0 Å². The zero-order chi connectivity index (χ0) is 7.94. The zero-order valence-corrected chi connectivity index (χ0v) is 9.09. The van der Waals surface area contributed by atoms with Crippen molar-refractivity contribution < 1.29 is 19.4 Å². The van der Waals surface area contributed by atoms with Crippen LogP contribution in [-0.4, -0.2) is 10.7 Å². The standard InChI is InChI=1S/C9H9N.W/c1-10-8-7-9-5-3-2-4-6-9;/h2-6H,7-8H2;. The van der Waals surface area contributed by atoms with Gasteiger partial charge in [0.25, 0.3) is 0 Å². The fourth-order valence-corrected chi connectivity index (χ4v) is 1.20. The summed E-state index contributed by atoms with van der Waals surface area (Å²) in [5.74, 6) is 0. The second-order valence-corrected chi connectivity index (χ2v) is 2.86. The van der Waals surface area contributed by atoms with Gasteiger partial charge < -0.3 is 0 Å². The fourth-order valence-electron chi connectivity index (χ4n) is 0.875. The van der Waals surface area contributed by atoms with Gasteiger partial charge in [-0.2, -0.15) is 0 Å². The molecule has 0 spiro atoms. The third-order valence-electron chi connectivity index (χ3n) is 1.42. The molecule has 0 bridgehead atoms. The van der Waals surface area contributed by atoms with Gasteiger partial charge in [-0.15, -0.1) is 0 Å². The monoisotopic (exact) mass is 315 g/mol. The van der Waals surface area contributed by atoms with E-state index in [2.05, 4.69) is 33.5 Å². The molecule has 0 heterocycles. The molecule has 0 atom stereocenters. The predicted octanol–water partition coefficient (Wildman–Crippen LogP) is 1.68. The van der Waals surface area contributed by atoms with Crippen LogP contribution in [0.1, 0.15) is 5.56 Å². The van der Waals surface area contributed by atoms with Crippen LogP contribution in [0.4, 0.5) is 0 Å². The average Bonchev–Trinajstić information content (AvgIpc) is 2.07. The van der Waals surface area contributed by atoms with Crippen molar-refractivity contribution in [2.75, 3.05) is 6.54 Å². The normalized spacial score (nSPS) is 8.73. The summed E-state index contributed by atoms with van der Waals surface area (Å²) in [7, 11) is 0. The summed E-state index contributed by atoms with van der Waals surface area (Å²) in [6.07, 6.45) is 1.03. The zero-order valence-electron chi connectivity index (χ0n) is 6.16. The Morgan fingerprint density at radius 2 is 2.00 bits per heavy atom. The van der Waals surface area contributed by atoms with Gasteiger partial charge in [0.2, 0.25) is 0 Å². The minimum atomic E-state index is 0.869. The second-order valence-electron chi connectivity index (χ2n) is 2.21. The third kappa shape index (κ3) is 3.41. The van der Waals surface area contributed by atoms with Crippen molar-refractivity contribution in [2.24, 2.45) is 4.99 Å². The van der Waals surface area contributed by atoms with E-state index in [1.807, 2.05) is 6.07 Å². The average molecular weight is 315 g/mol. The molecule has 0 saturated carbocycles. The molecule has 1 aromatic rings. The van der Waals surface area contributed by atoms with Crippen LogP contribution >= 0.6 is 0 Å². The Morgan fingerprint density at radius 1 is 1.27 bits per heavy atom. The molecular formula is C9H9NW. The van der Waals surface area contributed by atoms with E-state index in [-0.39, 0.29) is 0 Å². The van der Waals surface area contributed by atoms with Gasteiger partial charge in [-0.3, -0.25) is 0 Å². The van der Waals surface area contributed by atoms with Gasteiger partial charge in [-0.1, -0.05) is 0 Å². The summed E-state index contributed by atoms with van der Waals surface area (Å²) in [6, 6.07) is 10.4. The summed E-state index contributed by atoms with van der Waals surface area (Å²) < 4.78 is 2.85. The quantitative estimate of drug-likeness (QED) is 0.753. The Kier molecular flexibility index (Phi) is 4.04. The van der Waals surface area contributed by atoms with Gasteiger partial charge in [0.15, 0.2) is 0 Å². The van der Waals surface area contributed by atoms with Crippen LogP contribution in [0.15, 0.2) is 35.3 Å². The van der Waals surface area contributed by atoms with Crippen molar-refractivity contribution in [3.63, 3.8) is 0 Å². The molecule has 1 rings (SSSR count). The molecule has 0 N–H and O–H groups in total. The fraction of sp³-hybridized carbons (Fsp3) is 0.222. The Hall–Kier alpha value is -0.512. The number of hydrogen-bond donors (Lipinski definition) is 0. The summed E-state index contributed by atoms with van der Waals surface area (Å²) in [6.45, 7) is 0.869. The van der Waals surface area contributed by atoms with E-state index in [0.717, 1.165) is 13.0 Å². The number of nitrogens with zero attached hydrogens (tertiary/aromatic N) is 1. The molecule has 0 radical (unpaired) electrons. The van der Waals surface area contributed by atoms with Crippen LogP contribution < -0.4 is 0 Å². The molecule has 2 heteroatoms. The second kappa shape index (κ2) is 5.18. The number of benzene rings is 1. The summed E-state index contributed by atoms with van der Waals surface area (Å²) in [4.78, 5) is 4.05. The summed E-state index contributed by atoms with van der Waals surface area (Å²) >= 11 is 1.30. The molecule has 0 fully saturated rings. The van der Waals surface area contributed by atoms with Crippen LogP contribution in [0.5, 0.6) is 0 Å². The molecular weight excluding hydrogens is 306 g/mol. The number of rotatable bonds is 3. The van der Waals surface area contributed by atoms with Crippen molar-refractivity contribution in [1.29, 1.82) is 0 Å². The summed E-state index contributed by atoms with van der Waals surface area (Å²) in [5.41, 5.74) is 1.35. The van der Waals surface area contributed by atoms with E-state index in [0.29, 0.717) is 0 Å². The van der Waals surface area contributed by atoms with Crippen LogP contribution in [0.25, 0.3) is 0 Å². The van der Waals surface area contributed by atoms with Crippen LogP contribution in [0, 0.1) is 0 Å². The van der Waals surface area contributed by atoms with Gasteiger partial charge in [-0.05, 0) is 0 Å². The van der Waals surface area contributed by atoms with E-state index in [9.17, 15) is 0 Å². The van der Waals surface area contributed by atoms with Crippen LogP contribution in [0.3, 0.4) is 0 Å². The van der Waals surface area contributed by atoms with Gasteiger partial charge in [0, 0.05) is 0 Å². The van der Waals surface area contributed by atoms with Gasteiger partial charge in [0.05, 0.1) is 0 Å². The Labute approximate surface area is 77.6 Å². The third-order valence-corrected chi connectivity index (χ3v) is 1.88. The van der Waals surface area contributed by atoms with Gasteiger partial charge in [0.1, 0.15) is 0 Å². The van der Waals surface area contributed by atoms with Crippen molar-refractivity contribution in [3.05, 3.63) is 35.9 Å². The molecule has 0 aliphatic heterocycles. The Morgan fingerprint density at radius 3 is 2.64 bits per heavy atom. The van der Waals surface area contributed by atoms with Crippen molar-refractivity contribution in [2.45, 2.75) is 6.42 Å². The minimum absolute atomic E-state index is 0.869.